The van der Waals surface area contributed by atoms with Crippen molar-refractivity contribution in [3.63, 3.8) is 0 Å². The molecule has 7 nitrogen and oxygen atoms in total. The number of nitrogens with one attached hydrogen (secondary N) is 1. The molecule has 0 saturated carbocycles. The molecule has 0 radical (unpaired) electrons. The molecule has 1 aliphatic rings. The Labute approximate surface area is 178 Å². The summed E-state index contributed by atoms with van der Waals surface area (Å²) in [6.45, 7) is 0.533. The maximum absolute atomic E-state index is 12.4. The zero-order chi connectivity index (χ0) is 21.7. The van der Waals surface area contributed by atoms with E-state index in [2.05, 4.69) is 10.8 Å². The van der Waals surface area contributed by atoms with Crippen molar-refractivity contribution in [2.24, 2.45) is 0 Å². The number of methoxy groups -OCH3 is 2. The summed E-state index contributed by atoms with van der Waals surface area (Å²) in [5.41, 5.74) is 2.97. The molecule has 1 fully saturated rings. The molecular formula is C22H28N2O5S. The number of piperidine rings is 1. The maximum atomic E-state index is 12.4. The van der Waals surface area contributed by atoms with Crippen LogP contribution in [0.25, 0.3) is 11.1 Å². The smallest absolute Gasteiger partial charge is 0.409 e. The van der Waals surface area contributed by atoms with Crippen LogP contribution < -0.4 is 9.46 Å². The Kier molecular flexibility index (Phi) is 6.99. The number of likely N-dealkylation sites (tertiary alicyclic amines) is 1. The second-order valence-electron chi connectivity index (χ2n) is 7.47. The molecule has 1 saturated heterocycles. The molecule has 1 heterocycles. The fourth-order valence-electron chi connectivity index (χ4n) is 4.06. The van der Waals surface area contributed by atoms with Crippen LogP contribution in [0.4, 0.5) is 4.79 Å². The lowest BCUT2D eigenvalue weighted by atomic mass is 9.90. The van der Waals surface area contributed by atoms with E-state index >= 15 is 0 Å². The first-order valence-corrected chi connectivity index (χ1v) is 11.8. The predicted molar refractivity (Wildman–Crippen MR) is 116 cm³/mol. The van der Waals surface area contributed by atoms with Crippen LogP contribution in [0.2, 0.25) is 0 Å². The van der Waals surface area contributed by atoms with E-state index in [0.29, 0.717) is 25.8 Å². The molecule has 30 heavy (non-hydrogen) atoms. The number of carbonyl (C=O) groups is 1. The minimum atomic E-state index is -3.41. The highest BCUT2D eigenvalue weighted by Crippen LogP contribution is 2.31. The van der Waals surface area contributed by atoms with Crippen LogP contribution in [0, 0.1) is 0 Å². The van der Waals surface area contributed by atoms with E-state index in [4.69, 9.17) is 9.47 Å². The van der Waals surface area contributed by atoms with Crippen LogP contribution >= 0.6 is 0 Å². The molecule has 162 valence electrons. The number of rotatable bonds is 6. The summed E-state index contributed by atoms with van der Waals surface area (Å²) in [7, 11) is -0.428. The minimum Gasteiger partial charge on any atom is -0.496 e. The van der Waals surface area contributed by atoms with E-state index in [1.165, 1.54) is 7.11 Å². The number of amides is 1. The minimum absolute atomic E-state index is 0.339. The van der Waals surface area contributed by atoms with Crippen molar-refractivity contribution < 1.29 is 22.7 Å². The van der Waals surface area contributed by atoms with Crippen molar-refractivity contribution in [1.29, 1.82) is 0 Å². The number of carbonyl (C=O) groups excluding carboxylic acids is 1. The number of para-hydroxylation sites is 1. The van der Waals surface area contributed by atoms with Crippen LogP contribution in [-0.2, 0) is 21.2 Å². The highest BCUT2D eigenvalue weighted by Gasteiger charge is 2.36. The lowest BCUT2D eigenvalue weighted by molar-refractivity contribution is 0.0792. The van der Waals surface area contributed by atoms with Gasteiger partial charge in [-0.2, -0.15) is 0 Å². The Bertz CT molecular complexity index is 993. The molecule has 2 aromatic rings. The van der Waals surface area contributed by atoms with E-state index in [0.717, 1.165) is 28.7 Å². The number of nitrogens with zero attached hydrogens (tertiary/aromatic N) is 1. The number of sulfonamides is 1. The number of ether oxygens (including phenoxy) is 2. The molecule has 3 rings (SSSR count). The van der Waals surface area contributed by atoms with Crippen molar-refractivity contribution in [3.05, 3.63) is 54.1 Å². The first-order valence-electron chi connectivity index (χ1n) is 9.86. The predicted octanol–water partition coefficient (Wildman–Crippen LogP) is 3.05. The third-order valence-electron chi connectivity index (χ3n) is 5.34. The van der Waals surface area contributed by atoms with Crippen molar-refractivity contribution in [2.45, 2.75) is 31.3 Å². The van der Waals surface area contributed by atoms with Crippen molar-refractivity contribution in [1.82, 2.24) is 9.62 Å². The van der Waals surface area contributed by atoms with Crippen molar-refractivity contribution in [3.8, 4) is 16.9 Å². The summed E-state index contributed by atoms with van der Waals surface area (Å²) in [6.07, 6.45) is 2.58. The van der Waals surface area contributed by atoms with Gasteiger partial charge in [-0.1, -0.05) is 42.5 Å². The molecule has 2 aromatic carbocycles. The molecule has 0 bridgehead atoms. The summed E-state index contributed by atoms with van der Waals surface area (Å²) in [4.78, 5) is 14.0. The van der Waals surface area contributed by atoms with Gasteiger partial charge in [-0.3, -0.25) is 0 Å². The third kappa shape index (κ3) is 5.31. The Balaban J connectivity index is 1.93. The van der Waals surface area contributed by atoms with Crippen LogP contribution in [0.3, 0.4) is 0 Å². The zero-order valence-electron chi connectivity index (χ0n) is 17.5. The number of benzene rings is 2. The van der Waals surface area contributed by atoms with Gasteiger partial charge in [-0.05, 0) is 36.5 Å². The summed E-state index contributed by atoms with van der Waals surface area (Å²) in [5.74, 6) is 0.778. The Morgan fingerprint density at radius 1 is 1.17 bits per heavy atom. The first-order chi connectivity index (χ1) is 14.3. The second-order valence-corrected chi connectivity index (χ2v) is 9.25. The van der Waals surface area contributed by atoms with Gasteiger partial charge in [0.05, 0.1) is 26.5 Å². The SMILES string of the molecule is COC(=O)N1CCCC(NS(C)(=O)=O)C1Cc1cccc(-c2ccccc2OC)c1. The van der Waals surface area contributed by atoms with Gasteiger partial charge in [-0.15, -0.1) is 0 Å². The molecule has 0 aromatic heterocycles. The highest BCUT2D eigenvalue weighted by molar-refractivity contribution is 7.88. The quantitative estimate of drug-likeness (QED) is 0.758. The second kappa shape index (κ2) is 9.49. The lowest BCUT2D eigenvalue weighted by Crippen LogP contribution is -2.57. The highest BCUT2D eigenvalue weighted by atomic mass is 32.2. The fourth-order valence-corrected chi connectivity index (χ4v) is 4.88. The average molecular weight is 433 g/mol. The Morgan fingerprint density at radius 2 is 1.93 bits per heavy atom. The van der Waals surface area contributed by atoms with Gasteiger partial charge in [0.15, 0.2) is 0 Å². The monoisotopic (exact) mass is 432 g/mol. The van der Waals surface area contributed by atoms with E-state index < -0.39 is 16.1 Å². The van der Waals surface area contributed by atoms with Crippen LogP contribution in [0.15, 0.2) is 48.5 Å². The van der Waals surface area contributed by atoms with Gasteiger partial charge < -0.3 is 14.4 Å². The Hall–Kier alpha value is -2.58. The Morgan fingerprint density at radius 3 is 2.63 bits per heavy atom. The molecular weight excluding hydrogens is 404 g/mol. The van der Waals surface area contributed by atoms with Gasteiger partial charge in [-0.25, -0.2) is 17.9 Å². The molecule has 1 amide bonds. The van der Waals surface area contributed by atoms with Crippen LogP contribution in [0.5, 0.6) is 5.75 Å². The normalized spacial score (nSPS) is 19.4. The summed E-state index contributed by atoms with van der Waals surface area (Å²) in [6, 6.07) is 15.1. The van der Waals surface area contributed by atoms with E-state index in [1.54, 1.807) is 12.0 Å². The number of hydrogen-bond acceptors (Lipinski definition) is 5. The molecule has 0 spiro atoms. The fraction of sp³-hybridized carbons (Fsp3) is 0.409. The summed E-state index contributed by atoms with van der Waals surface area (Å²) >= 11 is 0. The van der Waals surface area contributed by atoms with Crippen molar-refractivity contribution in [2.75, 3.05) is 27.0 Å². The topological polar surface area (TPSA) is 84.9 Å². The van der Waals surface area contributed by atoms with Gasteiger partial charge >= 0.3 is 6.09 Å². The van der Waals surface area contributed by atoms with Crippen LogP contribution in [-0.4, -0.2) is 58.5 Å². The van der Waals surface area contributed by atoms with Crippen molar-refractivity contribution >= 4 is 16.1 Å². The van der Waals surface area contributed by atoms with Gasteiger partial charge in [0.2, 0.25) is 10.0 Å². The third-order valence-corrected chi connectivity index (χ3v) is 6.07. The van der Waals surface area contributed by atoms with Gasteiger partial charge in [0.1, 0.15) is 5.75 Å². The molecule has 8 heteroatoms. The molecule has 1 N–H and O–H groups in total. The van der Waals surface area contributed by atoms with E-state index in [1.807, 2.05) is 42.5 Å². The van der Waals surface area contributed by atoms with E-state index in [-0.39, 0.29) is 12.1 Å². The molecule has 0 aliphatic carbocycles. The van der Waals surface area contributed by atoms with Gasteiger partial charge in [0.25, 0.3) is 0 Å². The van der Waals surface area contributed by atoms with E-state index in [9.17, 15) is 13.2 Å². The maximum Gasteiger partial charge on any atom is 0.409 e. The number of hydrogen-bond donors (Lipinski definition) is 1. The molecule has 2 unspecified atom stereocenters. The molecule has 1 aliphatic heterocycles. The standard InChI is InChI=1S/C22H28N2O5S/c1-28-21-12-5-4-10-18(21)17-9-6-8-16(14-17)15-20-19(23-30(3,26)27)11-7-13-24(20)22(25)29-2/h4-6,8-10,12,14,19-20,23H,7,11,13,15H2,1-3H3. The lowest BCUT2D eigenvalue weighted by Gasteiger charge is -2.40. The largest absolute Gasteiger partial charge is 0.496 e. The van der Waals surface area contributed by atoms with Crippen LogP contribution in [0.1, 0.15) is 18.4 Å². The summed E-state index contributed by atoms with van der Waals surface area (Å²) in [5, 5.41) is 0. The first kappa shape index (κ1) is 22.1. The zero-order valence-corrected chi connectivity index (χ0v) is 18.3. The summed E-state index contributed by atoms with van der Waals surface area (Å²) < 4.78 is 36.9. The average Bonchev–Trinajstić information content (AvgIpc) is 2.73. The molecule has 2 atom stereocenters. The van der Waals surface area contributed by atoms with Gasteiger partial charge in [0, 0.05) is 18.2 Å².